The standard InChI is InChI=1S/C14H25NO4/c1-6-18-14(17)12-11(19-12)13(16)15(7-9(2)3)8-10(4)5/h9-12H,6-8H2,1-5H3. The lowest BCUT2D eigenvalue weighted by Gasteiger charge is -2.25. The Morgan fingerprint density at radius 1 is 1.11 bits per heavy atom. The molecule has 1 amide bonds. The van der Waals surface area contributed by atoms with Gasteiger partial charge in [0.25, 0.3) is 5.91 Å². The van der Waals surface area contributed by atoms with Gasteiger partial charge in [-0.3, -0.25) is 4.79 Å². The predicted octanol–water partition coefficient (Wildman–Crippen LogP) is 1.46. The first kappa shape index (κ1) is 16.0. The molecule has 0 aromatic heterocycles. The molecular formula is C14H25NO4. The lowest BCUT2D eigenvalue weighted by Crippen LogP contribution is -2.40. The minimum absolute atomic E-state index is 0.0968. The van der Waals surface area contributed by atoms with Crippen molar-refractivity contribution >= 4 is 11.9 Å². The Hall–Kier alpha value is -1.10. The largest absolute Gasteiger partial charge is 0.464 e. The molecule has 0 radical (unpaired) electrons. The SMILES string of the molecule is CCOC(=O)C1OC1C(=O)N(CC(C)C)CC(C)C. The monoisotopic (exact) mass is 271 g/mol. The summed E-state index contributed by atoms with van der Waals surface area (Å²) in [7, 11) is 0. The number of carbonyl (C=O) groups excluding carboxylic acids is 2. The van der Waals surface area contributed by atoms with Gasteiger partial charge in [0.15, 0.2) is 12.2 Å². The van der Waals surface area contributed by atoms with Crippen LogP contribution in [0.2, 0.25) is 0 Å². The maximum atomic E-state index is 12.3. The molecule has 5 nitrogen and oxygen atoms in total. The highest BCUT2D eigenvalue weighted by Crippen LogP contribution is 2.26. The van der Waals surface area contributed by atoms with Gasteiger partial charge >= 0.3 is 5.97 Å². The van der Waals surface area contributed by atoms with Crippen molar-refractivity contribution in [3.63, 3.8) is 0 Å². The Labute approximate surface area is 115 Å². The van der Waals surface area contributed by atoms with Crippen LogP contribution in [0.3, 0.4) is 0 Å². The van der Waals surface area contributed by atoms with Crippen LogP contribution >= 0.6 is 0 Å². The summed E-state index contributed by atoms with van der Waals surface area (Å²) in [5, 5.41) is 0. The van der Waals surface area contributed by atoms with Crippen LogP contribution in [0.15, 0.2) is 0 Å². The summed E-state index contributed by atoms with van der Waals surface area (Å²) in [5.41, 5.74) is 0. The van der Waals surface area contributed by atoms with Crippen LogP contribution in [0.1, 0.15) is 34.6 Å². The normalized spacial score (nSPS) is 21.6. The molecule has 1 aliphatic rings. The van der Waals surface area contributed by atoms with Gasteiger partial charge < -0.3 is 14.4 Å². The third-order valence-corrected chi connectivity index (χ3v) is 2.74. The molecule has 5 heteroatoms. The first-order chi connectivity index (χ1) is 8.86. The zero-order chi connectivity index (χ0) is 14.6. The maximum Gasteiger partial charge on any atom is 0.338 e. The van der Waals surface area contributed by atoms with E-state index < -0.39 is 18.2 Å². The lowest BCUT2D eigenvalue weighted by molar-refractivity contribution is -0.145. The van der Waals surface area contributed by atoms with Crippen molar-refractivity contribution in [3.05, 3.63) is 0 Å². The van der Waals surface area contributed by atoms with Gasteiger partial charge in [0, 0.05) is 13.1 Å². The average Bonchev–Trinajstić information content (AvgIpc) is 3.06. The van der Waals surface area contributed by atoms with Crippen LogP contribution in [-0.4, -0.2) is 48.7 Å². The molecule has 0 saturated carbocycles. The first-order valence-electron chi connectivity index (χ1n) is 6.97. The van der Waals surface area contributed by atoms with E-state index in [0.29, 0.717) is 31.5 Å². The van der Waals surface area contributed by atoms with Crippen molar-refractivity contribution in [2.45, 2.75) is 46.8 Å². The summed E-state index contributed by atoms with van der Waals surface area (Å²) in [5.74, 6) is 0.250. The third kappa shape index (κ3) is 4.82. The summed E-state index contributed by atoms with van der Waals surface area (Å²) in [6.07, 6.45) is -1.34. The molecule has 2 atom stereocenters. The molecule has 1 fully saturated rings. The van der Waals surface area contributed by atoms with Gasteiger partial charge in [-0.2, -0.15) is 0 Å². The fourth-order valence-electron chi connectivity index (χ4n) is 2.02. The Balaban J connectivity index is 2.56. The Morgan fingerprint density at radius 2 is 1.63 bits per heavy atom. The number of esters is 1. The average molecular weight is 271 g/mol. The van der Waals surface area contributed by atoms with Gasteiger partial charge in [-0.1, -0.05) is 27.7 Å². The number of nitrogens with zero attached hydrogens (tertiary/aromatic N) is 1. The minimum Gasteiger partial charge on any atom is -0.464 e. The molecule has 1 rings (SSSR count). The van der Waals surface area contributed by atoms with E-state index in [0.717, 1.165) is 0 Å². The number of hydrogen-bond acceptors (Lipinski definition) is 4. The summed E-state index contributed by atoms with van der Waals surface area (Å²) < 4.78 is 10.0. The molecule has 1 heterocycles. The second kappa shape index (κ2) is 6.89. The molecule has 0 N–H and O–H groups in total. The highest BCUT2D eigenvalue weighted by atomic mass is 16.6. The van der Waals surface area contributed by atoms with Crippen molar-refractivity contribution < 1.29 is 19.1 Å². The quantitative estimate of drug-likeness (QED) is 0.519. The fourth-order valence-corrected chi connectivity index (χ4v) is 2.02. The van der Waals surface area contributed by atoms with Crippen molar-refractivity contribution in [1.82, 2.24) is 4.90 Å². The van der Waals surface area contributed by atoms with Gasteiger partial charge in [-0.15, -0.1) is 0 Å². The molecule has 0 spiro atoms. The van der Waals surface area contributed by atoms with Crippen molar-refractivity contribution in [2.75, 3.05) is 19.7 Å². The van der Waals surface area contributed by atoms with Gasteiger partial charge in [-0.05, 0) is 18.8 Å². The maximum absolute atomic E-state index is 12.3. The van der Waals surface area contributed by atoms with Crippen LogP contribution in [0.25, 0.3) is 0 Å². The molecule has 2 unspecified atom stereocenters. The van der Waals surface area contributed by atoms with Crippen molar-refractivity contribution in [1.29, 1.82) is 0 Å². The molecule has 0 bridgehead atoms. The third-order valence-electron chi connectivity index (χ3n) is 2.74. The first-order valence-corrected chi connectivity index (χ1v) is 6.97. The van der Waals surface area contributed by atoms with Crippen LogP contribution in [-0.2, 0) is 19.1 Å². The van der Waals surface area contributed by atoms with Crippen LogP contribution < -0.4 is 0 Å². The predicted molar refractivity (Wildman–Crippen MR) is 71.6 cm³/mol. The lowest BCUT2D eigenvalue weighted by atomic mass is 10.1. The number of rotatable bonds is 7. The van der Waals surface area contributed by atoms with E-state index in [1.54, 1.807) is 11.8 Å². The smallest absolute Gasteiger partial charge is 0.338 e. The van der Waals surface area contributed by atoms with Gasteiger partial charge in [0.2, 0.25) is 0 Å². The van der Waals surface area contributed by atoms with E-state index in [1.807, 2.05) is 0 Å². The van der Waals surface area contributed by atoms with E-state index in [9.17, 15) is 9.59 Å². The summed E-state index contributed by atoms with van der Waals surface area (Å²) in [4.78, 5) is 25.5. The van der Waals surface area contributed by atoms with Crippen LogP contribution in [0.4, 0.5) is 0 Å². The topological polar surface area (TPSA) is 59.1 Å². The van der Waals surface area contributed by atoms with Gasteiger partial charge in [0.05, 0.1) is 6.61 Å². The van der Waals surface area contributed by atoms with E-state index in [-0.39, 0.29) is 5.91 Å². The Bertz CT molecular complexity index is 317. The molecule has 0 aliphatic carbocycles. The van der Waals surface area contributed by atoms with E-state index >= 15 is 0 Å². The minimum atomic E-state index is -0.700. The van der Waals surface area contributed by atoms with E-state index in [4.69, 9.17) is 9.47 Å². The number of epoxide rings is 1. The number of hydrogen-bond donors (Lipinski definition) is 0. The Morgan fingerprint density at radius 3 is 2.05 bits per heavy atom. The second-order valence-corrected chi connectivity index (χ2v) is 5.76. The van der Waals surface area contributed by atoms with E-state index in [1.165, 1.54) is 0 Å². The van der Waals surface area contributed by atoms with Gasteiger partial charge in [0.1, 0.15) is 0 Å². The zero-order valence-electron chi connectivity index (χ0n) is 12.5. The van der Waals surface area contributed by atoms with E-state index in [2.05, 4.69) is 27.7 Å². The van der Waals surface area contributed by atoms with Crippen molar-refractivity contribution in [3.8, 4) is 0 Å². The molecule has 0 aromatic carbocycles. The number of ether oxygens (including phenoxy) is 2. The number of amides is 1. The fraction of sp³-hybridized carbons (Fsp3) is 0.857. The van der Waals surface area contributed by atoms with Crippen molar-refractivity contribution in [2.24, 2.45) is 11.8 Å². The Kier molecular flexibility index (Phi) is 5.79. The molecule has 1 aliphatic heterocycles. The highest BCUT2D eigenvalue weighted by molar-refractivity contribution is 5.92. The number of carbonyl (C=O) groups is 2. The second-order valence-electron chi connectivity index (χ2n) is 5.76. The molecule has 0 aromatic rings. The molecule has 1 saturated heterocycles. The summed E-state index contributed by atoms with van der Waals surface area (Å²) in [6, 6.07) is 0. The van der Waals surface area contributed by atoms with Crippen LogP contribution in [0.5, 0.6) is 0 Å². The summed E-state index contributed by atoms with van der Waals surface area (Å²) >= 11 is 0. The molecule has 19 heavy (non-hydrogen) atoms. The van der Waals surface area contributed by atoms with Crippen LogP contribution in [0, 0.1) is 11.8 Å². The summed E-state index contributed by atoms with van der Waals surface area (Å²) in [6.45, 7) is 11.7. The van der Waals surface area contributed by atoms with Gasteiger partial charge in [-0.25, -0.2) is 4.79 Å². The zero-order valence-corrected chi connectivity index (χ0v) is 12.5. The molecular weight excluding hydrogens is 246 g/mol. The highest BCUT2D eigenvalue weighted by Gasteiger charge is 2.52. The molecule has 110 valence electrons.